The Balaban J connectivity index is 2.83. The highest BCUT2D eigenvalue weighted by Gasteiger charge is 2.20. The van der Waals surface area contributed by atoms with Gasteiger partial charge in [-0.25, -0.2) is 4.79 Å². The van der Waals surface area contributed by atoms with Crippen LogP contribution >= 0.6 is 23.2 Å². The fourth-order valence-corrected chi connectivity index (χ4v) is 1.64. The number of carboxylic acids is 1. The van der Waals surface area contributed by atoms with Crippen LogP contribution in [0.4, 0.5) is 0 Å². The van der Waals surface area contributed by atoms with Gasteiger partial charge in [-0.2, -0.15) is 0 Å². The molecule has 5 nitrogen and oxygen atoms in total. The molecular weight excluding hydrogens is 303 g/mol. The van der Waals surface area contributed by atoms with Gasteiger partial charge in [0.25, 0.3) is 5.91 Å². The lowest BCUT2D eigenvalue weighted by atomic mass is 9.95. The van der Waals surface area contributed by atoms with Crippen LogP contribution in [0.15, 0.2) is 18.2 Å². The van der Waals surface area contributed by atoms with Crippen LogP contribution in [0.3, 0.4) is 0 Å². The van der Waals surface area contributed by atoms with Gasteiger partial charge in [-0.05, 0) is 11.5 Å². The Labute approximate surface area is 127 Å². The second-order valence-corrected chi connectivity index (χ2v) is 6.14. The zero-order valence-electron chi connectivity index (χ0n) is 11.3. The molecule has 0 bridgehead atoms. The predicted octanol–water partition coefficient (Wildman–Crippen LogP) is 3.11. The molecule has 0 aromatic carbocycles. The lowest BCUT2D eigenvalue weighted by molar-refractivity contribution is -0.137. The van der Waals surface area contributed by atoms with E-state index in [1.165, 1.54) is 12.1 Å². The first-order valence-electron chi connectivity index (χ1n) is 5.87. The van der Waals surface area contributed by atoms with Crippen molar-refractivity contribution in [3.8, 4) is 0 Å². The van der Waals surface area contributed by atoms with E-state index in [4.69, 9.17) is 28.3 Å². The number of carboxylic acid groups (broad SMARTS) is 1. The first kappa shape index (κ1) is 16.6. The Bertz CT molecular complexity index is 525. The highest BCUT2D eigenvalue weighted by molar-refractivity contribution is 6.41. The maximum atomic E-state index is 11.9. The van der Waals surface area contributed by atoms with E-state index in [0.717, 1.165) is 0 Å². The molecule has 1 atom stereocenters. The van der Waals surface area contributed by atoms with Crippen LogP contribution in [0.25, 0.3) is 0 Å². The zero-order valence-corrected chi connectivity index (χ0v) is 12.8. The number of halogens is 2. The van der Waals surface area contributed by atoms with Crippen molar-refractivity contribution in [2.75, 3.05) is 0 Å². The number of aromatic amines is 1. The van der Waals surface area contributed by atoms with E-state index in [-0.39, 0.29) is 21.3 Å². The van der Waals surface area contributed by atoms with Crippen molar-refractivity contribution >= 4 is 35.1 Å². The van der Waals surface area contributed by atoms with Crippen molar-refractivity contribution in [2.45, 2.75) is 26.8 Å². The fourth-order valence-electron chi connectivity index (χ4n) is 1.32. The molecule has 0 saturated heterocycles. The average molecular weight is 319 g/mol. The lowest BCUT2D eigenvalue weighted by Gasteiger charge is -2.14. The summed E-state index contributed by atoms with van der Waals surface area (Å²) in [6.45, 7) is 5.78. The largest absolute Gasteiger partial charge is 0.479 e. The average Bonchev–Trinajstić information content (AvgIpc) is 2.63. The second kappa shape index (κ2) is 6.33. The summed E-state index contributed by atoms with van der Waals surface area (Å²) in [7, 11) is 0. The molecule has 0 radical (unpaired) electrons. The molecule has 0 unspecified atom stereocenters. The van der Waals surface area contributed by atoms with E-state index < -0.39 is 17.9 Å². The number of hydrogen-bond acceptors (Lipinski definition) is 2. The van der Waals surface area contributed by atoms with Crippen molar-refractivity contribution in [3.63, 3.8) is 0 Å². The van der Waals surface area contributed by atoms with Gasteiger partial charge < -0.3 is 15.4 Å². The van der Waals surface area contributed by atoms with E-state index >= 15 is 0 Å². The number of carbonyl (C=O) groups excluding carboxylic acids is 1. The molecule has 110 valence electrons. The molecule has 1 aromatic heterocycles. The van der Waals surface area contributed by atoms with Crippen LogP contribution in [-0.4, -0.2) is 28.0 Å². The molecular formula is C13H16Cl2N2O3. The minimum absolute atomic E-state index is 0.107. The summed E-state index contributed by atoms with van der Waals surface area (Å²) in [5, 5.41) is 11.8. The summed E-state index contributed by atoms with van der Waals surface area (Å²) in [4.78, 5) is 25.6. The van der Waals surface area contributed by atoms with Gasteiger partial charge in [0.1, 0.15) is 16.9 Å². The number of allylic oxidation sites excluding steroid dienone is 1. The van der Waals surface area contributed by atoms with E-state index in [1.807, 2.05) is 20.8 Å². The standard InChI is InChI=1S/C13H16Cl2N2O3/c1-13(2,3)5-4-8(12(19)20)17-11(18)9-6-7(14)10(15)16-9/h4-6,8,16H,1-3H3,(H,17,18)(H,19,20)/b5-4+/t8-/m1/s1. The third-order valence-electron chi connectivity index (χ3n) is 2.31. The van der Waals surface area contributed by atoms with Crippen LogP contribution in [0.2, 0.25) is 10.2 Å². The molecule has 0 aliphatic heterocycles. The van der Waals surface area contributed by atoms with Gasteiger partial charge in [0.15, 0.2) is 0 Å². The molecule has 0 spiro atoms. The third-order valence-corrected chi connectivity index (χ3v) is 3.00. The van der Waals surface area contributed by atoms with Crippen molar-refractivity contribution in [2.24, 2.45) is 5.41 Å². The molecule has 7 heteroatoms. The van der Waals surface area contributed by atoms with Crippen molar-refractivity contribution in [3.05, 3.63) is 34.1 Å². The van der Waals surface area contributed by atoms with Gasteiger partial charge in [-0.1, -0.05) is 56.1 Å². The Morgan fingerprint density at radius 1 is 1.40 bits per heavy atom. The topological polar surface area (TPSA) is 82.2 Å². The molecule has 1 aromatic rings. The monoisotopic (exact) mass is 318 g/mol. The lowest BCUT2D eigenvalue weighted by Crippen LogP contribution is -2.39. The summed E-state index contributed by atoms with van der Waals surface area (Å²) in [5.74, 6) is -1.74. The van der Waals surface area contributed by atoms with Crippen LogP contribution in [0.1, 0.15) is 31.3 Å². The van der Waals surface area contributed by atoms with Crippen LogP contribution in [-0.2, 0) is 4.79 Å². The maximum absolute atomic E-state index is 11.9. The fraction of sp³-hybridized carbons (Fsp3) is 0.385. The number of rotatable bonds is 4. The Hall–Kier alpha value is -1.46. The first-order chi connectivity index (χ1) is 9.10. The predicted molar refractivity (Wildman–Crippen MR) is 78.3 cm³/mol. The number of aliphatic carboxylic acids is 1. The Kier molecular flexibility index (Phi) is 5.25. The number of nitrogens with one attached hydrogen (secondary N) is 2. The normalized spacial score (nSPS) is 13.4. The number of hydrogen-bond donors (Lipinski definition) is 3. The molecule has 1 amide bonds. The number of aromatic nitrogens is 1. The second-order valence-electron chi connectivity index (χ2n) is 5.36. The first-order valence-corrected chi connectivity index (χ1v) is 6.63. The van der Waals surface area contributed by atoms with Crippen LogP contribution < -0.4 is 5.32 Å². The van der Waals surface area contributed by atoms with Gasteiger partial charge in [-0.15, -0.1) is 0 Å². The number of amides is 1. The van der Waals surface area contributed by atoms with E-state index in [1.54, 1.807) is 6.08 Å². The van der Waals surface area contributed by atoms with Gasteiger partial charge in [0.05, 0.1) is 5.02 Å². The molecule has 1 heterocycles. The van der Waals surface area contributed by atoms with E-state index in [2.05, 4.69) is 10.3 Å². The molecule has 0 aliphatic carbocycles. The van der Waals surface area contributed by atoms with Crippen molar-refractivity contribution in [1.29, 1.82) is 0 Å². The maximum Gasteiger partial charge on any atom is 0.330 e. The summed E-state index contributed by atoms with van der Waals surface area (Å²) in [5.41, 5.74) is -0.0762. The molecule has 1 rings (SSSR count). The highest BCUT2D eigenvalue weighted by Crippen LogP contribution is 2.21. The highest BCUT2D eigenvalue weighted by atomic mass is 35.5. The Morgan fingerprint density at radius 3 is 2.40 bits per heavy atom. The minimum Gasteiger partial charge on any atom is -0.479 e. The SMILES string of the molecule is CC(C)(C)/C=C/[C@@H](NC(=O)c1cc(Cl)c(Cl)[nH]1)C(=O)O. The van der Waals surface area contributed by atoms with E-state index in [0.29, 0.717) is 0 Å². The zero-order chi connectivity index (χ0) is 15.5. The van der Waals surface area contributed by atoms with E-state index in [9.17, 15) is 9.59 Å². The summed E-state index contributed by atoms with van der Waals surface area (Å²) >= 11 is 11.4. The van der Waals surface area contributed by atoms with Gasteiger partial charge in [0, 0.05) is 0 Å². The molecule has 20 heavy (non-hydrogen) atoms. The van der Waals surface area contributed by atoms with Gasteiger partial charge >= 0.3 is 5.97 Å². The molecule has 0 fully saturated rings. The third kappa shape index (κ3) is 4.90. The van der Waals surface area contributed by atoms with Gasteiger partial charge in [0.2, 0.25) is 0 Å². The quantitative estimate of drug-likeness (QED) is 0.746. The smallest absolute Gasteiger partial charge is 0.330 e. The van der Waals surface area contributed by atoms with Crippen LogP contribution in [0.5, 0.6) is 0 Å². The summed E-state index contributed by atoms with van der Waals surface area (Å²) in [6.07, 6.45) is 3.16. The molecule has 0 saturated carbocycles. The van der Waals surface area contributed by atoms with Gasteiger partial charge in [-0.3, -0.25) is 4.79 Å². The summed E-state index contributed by atoms with van der Waals surface area (Å²) < 4.78 is 0. The molecule has 3 N–H and O–H groups in total. The van der Waals surface area contributed by atoms with Crippen molar-refractivity contribution in [1.82, 2.24) is 10.3 Å². The number of H-pyrrole nitrogens is 1. The number of carbonyl (C=O) groups is 2. The Morgan fingerprint density at radius 2 is 2.00 bits per heavy atom. The van der Waals surface area contributed by atoms with Crippen LogP contribution in [0, 0.1) is 5.41 Å². The minimum atomic E-state index is -1.15. The van der Waals surface area contributed by atoms with Crippen molar-refractivity contribution < 1.29 is 14.7 Å². The molecule has 0 aliphatic rings. The summed E-state index contributed by atoms with van der Waals surface area (Å²) in [6, 6.07) is 0.216.